The first-order valence-electron chi connectivity index (χ1n) is 8.31. The van der Waals surface area contributed by atoms with Crippen molar-refractivity contribution >= 4 is 20.8 Å². The van der Waals surface area contributed by atoms with E-state index in [-0.39, 0.29) is 23.8 Å². The van der Waals surface area contributed by atoms with Crippen molar-refractivity contribution in [2.24, 2.45) is 0 Å². The first-order valence-corrected chi connectivity index (χ1v) is 9.79. The molecule has 0 amide bonds. The summed E-state index contributed by atoms with van der Waals surface area (Å²) in [6, 6.07) is 20.2. The Labute approximate surface area is 159 Å². The van der Waals surface area contributed by atoms with E-state index in [0.29, 0.717) is 0 Å². The van der Waals surface area contributed by atoms with Gasteiger partial charge in [0.1, 0.15) is 23.0 Å². The fraction of sp³-hybridized carbons (Fsp3) is 0.143. The second-order valence-corrected chi connectivity index (χ2v) is 7.33. The van der Waals surface area contributed by atoms with Gasteiger partial charge in [-0.05, 0) is 23.6 Å². The van der Waals surface area contributed by atoms with Crippen molar-refractivity contribution in [2.75, 3.05) is 20.3 Å². The molecule has 0 atom stereocenters. The van der Waals surface area contributed by atoms with Crippen LogP contribution in [0, 0.1) is 11.8 Å². The zero-order valence-electron chi connectivity index (χ0n) is 14.8. The second kappa shape index (κ2) is 8.58. The molecule has 0 saturated carbocycles. The molecule has 1 N–H and O–H groups in total. The first kappa shape index (κ1) is 18.8. The summed E-state index contributed by atoms with van der Waals surface area (Å²) in [6.45, 7) is 0.156. The van der Waals surface area contributed by atoms with Gasteiger partial charge >= 0.3 is 0 Å². The van der Waals surface area contributed by atoms with Crippen LogP contribution in [0.1, 0.15) is 0 Å². The molecule has 3 aromatic rings. The van der Waals surface area contributed by atoms with Gasteiger partial charge in [-0.25, -0.2) is 8.42 Å². The third-order valence-electron chi connectivity index (χ3n) is 3.88. The number of para-hydroxylation sites is 1. The zero-order chi connectivity index (χ0) is 19.1. The van der Waals surface area contributed by atoms with E-state index in [0.717, 1.165) is 16.5 Å². The van der Waals surface area contributed by atoms with Gasteiger partial charge in [0.15, 0.2) is 0 Å². The predicted molar refractivity (Wildman–Crippen MR) is 105 cm³/mol. The molecule has 0 aromatic heterocycles. The van der Waals surface area contributed by atoms with Gasteiger partial charge in [0.2, 0.25) is 10.0 Å². The molecule has 0 spiro atoms. The topological polar surface area (TPSA) is 64.6 Å². The second-order valence-electron chi connectivity index (χ2n) is 5.59. The standard InChI is InChI=1S/C21H19NO4S/c1-25-20-12-4-5-14-21(20)27(23,24)22-15-6-7-16-26-19-13-8-10-17-9-2-3-11-18(17)19/h2-5,8-14,22H,15-16H2,1H3. The number of benzene rings is 3. The Balaban J connectivity index is 1.58. The Morgan fingerprint density at radius 1 is 0.889 bits per heavy atom. The molecule has 0 aliphatic carbocycles. The Morgan fingerprint density at radius 2 is 1.59 bits per heavy atom. The van der Waals surface area contributed by atoms with Gasteiger partial charge < -0.3 is 9.47 Å². The highest BCUT2D eigenvalue weighted by atomic mass is 32.2. The Hall–Kier alpha value is -3.01. The van der Waals surface area contributed by atoms with Crippen LogP contribution in [0.2, 0.25) is 0 Å². The summed E-state index contributed by atoms with van der Waals surface area (Å²) in [6.07, 6.45) is 0. The molecule has 5 nitrogen and oxygen atoms in total. The summed E-state index contributed by atoms with van der Waals surface area (Å²) in [7, 11) is -2.26. The minimum absolute atomic E-state index is 0.0146. The van der Waals surface area contributed by atoms with E-state index in [1.54, 1.807) is 18.2 Å². The van der Waals surface area contributed by atoms with Gasteiger partial charge in [-0.15, -0.1) is 0 Å². The minimum atomic E-state index is -3.69. The number of hydrogen-bond donors (Lipinski definition) is 1. The number of sulfonamides is 1. The molecule has 138 valence electrons. The highest BCUT2D eigenvalue weighted by Crippen LogP contribution is 2.25. The predicted octanol–water partition coefficient (Wildman–Crippen LogP) is 3.21. The maximum absolute atomic E-state index is 12.3. The molecule has 0 bridgehead atoms. The first-order chi connectivity index (χ1) is 13.1. The van der Waals surface area contributed by atoms with E-state index < -0.39 is 10.0 Å². The number of rotatable bonds is 6. The van der Waals surface area contributed by atoms with Crippen molar-refractivity contribution in [3.05, 3.63) is 66.7 Å². The van der Waals surface area contributed by atoms with E-state index in [4.69, 9.17) is 9.47 Å². The van der Waals surface area contributed by atoms with Gasteiger partial charge in [-0.3, -0.25) is 0 Å². The largest absolute Gasteiger partial charge is 0.495 e. The highest BCUT2D eigenvalue weighted by Gasteiger charge is 2.17. The fourth-order valence-corrected chi connectivity index (χ4v) is 3.69. The summed E-state index contributed by atoms with van der Waals surface area (Å²) < 4.78 is 37.9. The van der Waals surface area contributed by atoms with Crippen molar-refractivity contribution < 1.29 is 17.9 Å². The molecule has 0 aliphatic heterocycles. The molecule has 0 aliphatic rings. The lowest BCUT2D eigenvalue weighted by atomic mass is 10.1. The number of ether oxygens (including phenoxy) is 2. The van der Waals surface area contributed by atoms with Gasteiger partial charge in [0.25, 0.3) is 0 Å². The molecular formula is C21H19NO4S. The molecule has 3 aromatic carbocycles. The Kier molecular flexibility index (Phi) is 5.97. The van der Waals surface area contributed by atoms with Crippen LogP contribution < -0.4 is 14.2 Å². The highest BCUT2D eigenvalue weighted by molar-refractivity contribution is 7.89. The third-order valence-corrected chi connectivity index (χ3v) is 5.32. The lowest BCUT2D eigenvalue weighted by Crippen LogP contribution is -2.24. The van der Waals surface area contributed by atoms with Crippen molar-refractivity contribution in [1.82, 2.24) is 4.72 Å². The van der Waals surface area contributed by atoms with Crippen LogP contribution in [-0.2, 0) is 10.0 Å². The van der Waals surface area contributed by atoms with E-state index in [1.165, 1.54) is 13.2 Å². The van der Waals surface area contributed by atoms with Crippen LogP contribution >= 0.6 is 0 Å². The summed E-state index contributed by atoms with van der Waals surface area (Å²) in [5.41, 5.74) is 0. The summed E-state index contributed by atoms with van der Waals surface area (Å²) in [5, 5.41) is 2.10. The maximum atomic E-state index is 12.3. The van der Waals surface area contributed by atoms with Gasteiger partial charge in [-0.1, -0.05) is 60.4 Å². The van der Waals surface area contributed by atoms with E-state index in [2.05, 4.69) is 16.6 Å². The van der Waals surface area contributed by atoms with Crippen molar-refractivity contribution in [3.8, 4) is 23.3 Å². The van der Waals surface area contributed by atoms with Crippen molar-refractivity contribution in [1.29, 1.82) is 0 Å². The average molecular weight is 381 g/mol. The summed E-state index contributed by atoms with van der Waals surface area (Å²) in [5.74, 6) is 6.62. The molecule has 0 unspecified atom stereocenters. The maximum Gasteiger partial charge on any atom is 0.245 e. The van der Waals surface area contributed by atoms with E-state index in [1.807, 2.05) is 42.5 Å². The monoisotopic (exact) mass is 381 g/mol. The number of fused-ring (bicyclic) bond motifs is 1. The van der Waals surface area contributed by atoms with Crippen LogP contribution in [0.3, 0.4) is 0 Å². The van der Waals surface area contributed by atoms with Crippen LogP contribution in [0.5, 0.6) is 11.5 Å². The smallest absolute Gasteiger partial charge is 0.245 e. The molecule has 0 saturated heterocycles. The van der Waals surface area contributed by atoms with Gasteiger partial charge in [-0.2, -0.15) is 4.72 Å². The molecule has 6 heteroatoms. The average Bonchev–Trinajstić information content (AvgIpc) is 2.70. The summed E-state index contributed by atoms with van der Waals surface area (Å²) >= 11 is 0. The van der Waals surface area contributed by atoms with Crippen LogP contribution in [0.15, 0.2) is 71.6 Å². The minimum Gasteiger partial charge on any atom is -0.495 e. The Morgan fingerprint density at radius 3 is 2.44 bits per heavy atom. The number of nitrogens with one attached hydrogen (secondary N) is 1. The quantitative estimate of drug-likeness (QED) is 0.666. The van der Waals surface area contributed by atoms with E-state index >= 15 is 0 Å². The van der Waals surface area contributed by atoms with Crippen molar-refractivity contribution in [3.63, 3.8) is 0 Å². The lowest BCUT2D eigenvalue weighted by molar-refractivity contribution is 0.374. The normalized spacial score (nSPS) is 10.9. The van der Waals surface area contributed by atoms with Crippen LogP contribution in [0.4, 0.5) is 0 Å². The van der Waals surface area contributed by atoms with E-state index in [9.17, 15) is 8.42 Å². The fourth-order valence-electron chi connectivity index (χ4n) is 2.60. The Bertz CT molecular complexity index is 1090. The molecule has 0 fully saturated rings. The van der Waals surface area contributed by atoms with Crippen LogP contribution in [-0.4, -0.2) is 28.7 Å². The number of methoxy groups -OCH3 is 1. The van der Waals surface area contributed by atoms with Crippen molar-refractivity contribution in [2.45, 2.75) is 4.90 Å². The summed E-state index contributed by atoms with van der Waals surface area (Å²) in [4.78, 5) is 0.0845. The molecular weight excluding hydrogens is 362 g/mol. The molecule has 27 heavy (non-hydrogen) atoms. The van der Waals surface area contributed by atoms with Crippen LogP contribution in [0.25, 0.3) is 10.8 Å². The van der Waals surface area contributed by atoms with Gasteiger partial charge in [0, 0.05) is 5.39 Å². The molecule has 3 rings (SSSR count). The molecule has 0 radical (unpaired) electrons. The SMILES string of the molecule is COc1ccccc1S(=O)(=O)NCC#CCOc1cccc2ccccc12. The molecule has 0 heterocycles. The number of hydrogen-bond acceptors (Lipinski definition) is 4. The third kappa shape index (κ3) is 4.59. The lowest BCUT2D eigenvalue weighted by Gasteiger charge is -2.08. The van der Waals surface area contributed by atoms with Gasteiger partial charge in [0.05, 0.1) is 13.7 Å². The zero-order valence-corrected chi connectivity index (χ0v) is 15.6.